The summed E-state index contributed by atoms with van der Waals surface area (Å²) in [4.78, 5) is 20.1. The second-order valence-corrected chi connectivity index (χ2v) is 1.49. The zero-order chi connectivity index (χ0) is 7.28. The van der Waals surface area contributed by atoms with Crippen molar-refractivity contribution in [3.63, 3.8) is 0 Å². The van der Waals surface area contributed by atoms with E-state index in [9.17, 15) is 9.59 Å². The second-order valence-electron chi connectivity index (χ2n) is 1.49. The lowest BCUT2D eigenvalue weighted by molar-refractivity contribution is -0.131. The molecule has 0 aromatic heterocycles. The maximum Gasteiger partial charge on any atom is 0.328 e. The van der Waals surface area contributed by atoms with Crippen LogP contribution < -0.4 is 0 Å². The van der Waals surface area contributed by atoms with E-state index in [0.717, 1.165) is 12.2 Å². The summed E-state index contributed by atoms with van der Waals surface area (Å²) in [6, 6.07) is 0. The summed E-state index contributed by atoms with van der Waals surface area (Å²) in [7, 11) is 1.68. The van der Waals surface area contributed by atoms with Crippen LogP contribution in [0.3, 0.4) is 0 Å². The zero-order valence-electron chi connectivity index (χ0n) is 5.13. The van der Waals surface area contributed by atoms with E-state index >= 15 is 0 Å². The van der Waals surface area contributed by atoms with Gasteiger partial charge in [-0.1, -0.05) is 0 Å². The first-order valence-electron chi connectivity index (χ1n) is 2.60. The number of hydrogen-bond donors (Lipinski definition) is 1. The largest absolute Gasteiger partial charge is 0.478 e. The lowest BCUT2D eigenvalue weighted by Crippen LogP contribution is -1.93. The van der Waals surface area contributed by atoms with Gasteiger partial charge in [0.25, 0.3) is 0 Å². The van der Waals surface area contributed by atoms with Crippen LogP contribution in [0.4, 0.5) is 0 Å². The Balaban J connectivity index is 3.71. The summed E-state index contributed by atoms with van der Waals surface area (Å²) in [6.45, 7) is 0. The van der Waals surface area contributed by atoms with Crippen LogP contribution >= 0.6 is 0 Å². The molecule has 0 saturated carbocycles. The van der Waals surface area contributed by atoms with E-state index in [1.165, 1.54) is 0 Å². The fraction of sp³-hybridized carbons (Fsp3) is 0.200. The fourth-order valence-corrected chi connectivity index (χ4v) is 0.282. The van der Waals surface area contributed by atoms with Crippen LogP contribution in [0.5, 0.6) is 0 Å². The predicted molar refractivity (Wildman–Crippen MR) is 35.1 cm³/mol. The molecule has 0 unspecified atom stereocenters. The summed E-state index contributed by atoms with van der Waals surface area (Å²) in [5.41, 5.74) is 0. The van der Waals surface area contributed by atoms with Gasteiger partial charge in [0.15, 0.2) is 0 Å². The van der Waals surface area contributed by atoms with Crippen molar-refractivity contribution >= 4 is 19.6 Å². The Kier molecular flexibility index (Phi) is 3.43. The molecule has 9 heavy (non-hydrogen) atoms. The van der Waals surface area contributed by atoms with Crippen molar-refractivity contribution in [3.8, 4) is 0 Å². The summed E-state index contributed by atoms with van der Waals surface area (Å²) >= 11 is 0. The van der Waals surface area contributed by atoms with E-state index in [-0.39, 0.29) is 5.78 Å². The van der Waals surface area contributed by atoms with Crippen LogP contribution in [0.1, 0.15) is 0 Å². The molecule has 48 valence electrons. The van der Waals surface area contributed by atoms with Crippen molar-refractivity contribution < 1.29 is 14.7 Å². The molecule has 0 aromatic rings. The number of carboxylic acid groups (broad SMARTS) is 1. The predicted octanol–water partition coefficient (Wildman–Crippen LogP) is -0.752. The normalized spacial score (nSPS) is 9.78. The molecule has 0 rings (SSSR count). The summed E-state index contributed by atoms with van der Waals surface area (Å²) < 4.78 is 0. The molecule has 0 fully saturated rings. The molecule has 0 aromatic carbocycles. The van der Waals surface area contributed by atoms with Gasteiger partial charge >= 0.3 is 5.97 Å². The highest BCUT2D eigenvalue weighted by molar-refractivity contribution is 6.22. The van der Waals surface area contributed by atoms with Crippen molar-refractivity contribution in [2.24, 2.45) is 0 Å². The number of hydrogen-bond acceptors (Lipinski definition) is 2. The topological polar surface area (TPSA) is 54.4 Å². The minimum atomic E-state index is -1.09. The third kappa shape index (κ3) is 4.81. The van der Waals surface area contributed by atoms with Gasteiger partial charge in [-0.05, 0) is 12.4 Å². The molecule has 3 nitrogen and oxygen atoms in total. The number of allylic oxidation sites excluding steroid dienone is 1. The molecule has 0 saturated heterocycles. The zero-order valence-corrected chi connectivity index (χ0v) is 5.13. The molecule has 0 aliphatic carbocycles. The van der Waals surface area contributed by atoms with Gasteiger partial charge in [-0.15, -0.1) is 0 Å². The smallest absolute Gasteiger partial charge is 0.328 e. The first-order valence-corrected chi connectivity index (χ1v) is 2.60. The minimum Gasteiger partial charge on any atom is -0.478 e. The highest BCUT2D eigenvalue weighted by atomic mass is 16.4. The van der Waals surface area contributed by atoms with Gasteiger partial charge in [0.05, 0.1) is 0 Å². The Morgan fingerprint density at radius 2 is 2.00 bits per heavy atom. The van der Waals surface area contributed by atoms with Gasteiger partial charge in [0.2, 0.25) is 0 Å². The van der Waals surface area contributed by atoms with Crippen LogP contribution in [-0.2, 0) is 9.59 Å². The standard InChI is InChI=1S/C5H7BO3/c6-3-4(7)1-2-5(8)9/h1-2H,3,6H2,(H,8,9)/b2-1+. The van der Waals surface area contributed by atoms with Gasteiger partial charge in [0, 0.05) is 6.08 Å². The van der Waals surface area contributed by atoms with Crippen molar-refractivity contribution in [2.45, 2.75) is 6.32 Å². The fourth-order valence-electron chi connectivity index (χ4n) is 0.282. The van der Waals surface area contributed by atoms with E-state index in [1.54, 1.807) is 7.85 Å². The molecule has 0 atom stereocenters. The maximum absolute atomic E-state index is 10.4. The van der Waals surface area contributed by atoms with Gasteiger partial charge in [-0.3, -0.25) is 4.79 Å². The third-order valence-corrected chi connectivity index (χ3v) is 0.760. The van der Waals surface area contributed by atoms with Crippen molar-refractivity contribution in [1.82, 2.24) is 0 Å². The van der Waals surface area contributed by atoms with Crippen LogP contribution in [0, 0.1) is 0 Å². The van der Waals surface area contributed by atoms with E-state index < -0.39 is 5.97 Å². The number of aliphatic carboxylic acids is 1. The average Bonchev–Trinajstić information content (AvgIpc) is 1.83. The number of rotatable bonds is 3. The second kappa shape index (κ2) is 3.89. The Bertz CT molecular complexity index is 150. The summed E-state index contributed by atoms with van der Waals surface area (Å²) in [6.07, 6.45) is 2.25. The lowest BCUT2D eigenvalue weighted by Gasteiger charge is -1.80. The molecule has 0 bridgehead atoms. The number of carbonyl (C=O) groups excluding carboxylic acids is 1. The van der Waals surface area contributed by atoms with Crippen molar-refractivity contribution in [1.29, 1.82) is 0 Å². The Hall–Kier alpha value is -1.06. The maximum atomic E-state index is 10.4. The molecule has 0 spiro atoms. The molecular formula is C5H7BO3. The average molecular weight is 126 g/mol. The van der Waals surface area contributed by atoms with Gasteiger partial charge in [-0.25, -0.2) is 4.79 Å². The van der Waals surface area contributed by atoms with E-state index in [2.05, 4.69) is 0 Å². The molecule has 0 radical (unpaired) electrons. The third-order valence-electron chi connectivity index (χ3n) is 0.760. The van der Waals surface area contributed by atoms with Crippen LogP contribution in [0.15, 0.2) is 12.2 Å². The Morgan fingerprint density at radius 1 is 1.44 bits per heavy atom. The molecular weight excluding hydrogens is 119 g/mol. The van der Waals surface area contributed by atoms with Crippen LogP contribution in [0.25, 0.3) is 0 Å². The van der Waals surface area contributed by atoms with Crippen molar-refractivity contribution in [3.05, 3.63) is 12.2 Å². The van der Waals surface area contributed by atoms with Gasteiger partial charge in [-0.2, -0.15) is 0 Å². The number of carboxylic acids is 1. The number of ketones is 1. The SMILES string of the molecule is BCC(=O)/C=C/C(=O)O. The highest BCUT2D eigenvalue weighted by Gasteiger charge is 1.90. The number of carbonyl (C=O) groups is 2. The van der Waals surface area contributed by atoms with Gasteiger partial charge in [0.1, 0.15) is 13.6 Å². The van der Waals surface area contributed by atoms with Gasteiger partial charge < -0.3 is 5.11 Å². The van der Waals surface area contributed by atoms with E-state index in [4.69, 9.17) is 5.11 Å². The molecule has 0 aliphatic rings. The lowest BCUT2D eigenvalue weighted by atomic mass is 10.0. The van der Waals surface area contributed by atoms with Crippen molar-refractivity contribution in [2.75, 3.05) is 0 Å². The van der Waals surface area contributed by atoms with Crippen LogP contribution in [0.2, 0.25) is 6.32 Å². The molecule has 4 heteroatoms. The van der Waals surface area contributed by atoms with E-state index in [1.807, 2.05) is 0 Å². The van der Waals surface area contributed by atoms with E-state index in [0.29, 0.717) is 6.32 Å². The quantitative estimate of drug-likeness (QED) is 0.399. The molecule has 0 amide bonds. The van der Waals surface area contributed by atoms with Crippen LogP contribution in [-0.4, -0.2) is 24.7 Å². The highest BCUT2D eigenvalue weighted by Crippen LogP contribution is 1.80. The molecule has 0 heterocycles. The first kappa shape index (κ1) is 7.94. The minimum absolute atomic E-state index is 0.169. The monoisotopic (exact) mass is 126 g/mol. The first-order chi connectivity index (χ1) is 4.16. The Morgan fingerprint density at radius 3 is 2.33 bits per heavy atom. The molecule has 0 aliphatic heterocycles. The Labute approximate surface area is 53.8 Å². The summed E-state index contributed by atoms with van der Waals surface area (Å²) in [5, 5.41) is 8.02. The molecule has 1 N–H and O–H groups in total. The summed E-state index contributed by atoms with van der Waals surface area (Å²) in [5.74, 6) is -1.26.